The molecule has 2 aromatic heterocycles. The molecule has 0 saturated heterocycles. The van der Waals surface area contributed by atoms with Crippen molar-refractivity contribution in [2.45, 2.75) is 44.6 Å². The molecule has 1 saturated carbocycles. The number of pyridine rings is 1. The number of rotatable bonds is 8. The minimum atomic E-state index is -2.44. The topological polar surface area (TPSA) is 66.2 Å². The molecule has 1 aliphatic rings. The minimum Gasteiger partial charge on any atom is -0.491 e. The normalized spacial score (nSPS) is 19.9. The lowest BCUT2D eigenvalue weighted by atomic mass is 9.78. The van der Waals surface area contributed by atoms with Crippen LogP contribution in [0, 0.1) is 5.92 Å². The Morgan fingerprint density at radius 2 is 2.19 bits per heavy atom. The number of ether oxygens (including phenoxy) is 2. The van der Waals surface area contributed by atoms with Crippen LogP contribution in [0.1, 0.15) is 47.7 Å². The van der Waals surface area contributed by atoms with Gasteiger partial charge in [-0.15, -0.1) is 0 Å². The van der Waals surface area contributed by atoms with Gasteiger partial charge in [0.15, 0.2) is 6.29 Å². The fourth-order valence-electron chi connectivity index (χ4n) is 3.70. The molecule has 2 aromatic rings. The lowest BCUT2D eigenvalue weighted by Gasteiger charge is -2.32. The third-order valence-corrected chi connectivity index (χ3v) is 5.01. The van der Waals surface area contributed by atoms with Gasteiger partial charge in [0, 0.05) is 29.8 Å². The molecule has 6 nitrogen and oxygen atoms in total. The van der Waals surface area contributed by atoms with Crippen molar-refractivity contribution in [3.05, 3.63) is 35.8 Å². The lowest BCUT2D eigenvalue weighted by molar-refractivity contribution is 0.111. The number of hydrogen-bond acceptors (Lipinski definition) is 5. The number of carbonyl (C=O) groups excluding carboxylic acids is 1. The molecule has 8 heteroatoms. The Labute approximate surface area is 156 Å². The predicted octanol–water partition coefficient (Wildman–Crippen LogP) is 3.72. The number of methoxy groups -OCH3 is 1. The smallest absolute Gasteiger partial charge is 0.257 e. The van der Waals surface area contributed by atoms with E-state index in [4.69, 9.17) is 9.47 Å². The minimum absolute atomic E-state index is 0.103. The van der Waals surface area contributed by atoms with Crippen LogP contribution in [-0.2, 0) is 6.54 Å². The standard InChI is InChI=1S/C19H23F2N3O3/c1-26-19-8-14(11-25)17(9-22-19)27-12-13-4-2-3-5-15(13)16-6-7-23-24(16)10-18(20)21/h6-9,11,13,15,18H,2-5,10,12H2,1H3. The van der Waals surface area contributed by atoms with Crippen molar-refractivity contribution >= 4 is 6.29 Å². The van der Waals surface area contributed by atoms with Crippen molar-refractivity contribution in [1.82, 2.24) is 14.8 Å². The van der Waals surface area contributed by atoms with Crippen LogP contribution in [0.15, 0.2) is 24.5 Å². The molecule has 1 aliphatic carbocycles. The van der Waals surface area contributed by atoms with E-state index >= 15 is 0 Å². The molecule has 0 bridgehead atoms. The van der Waals surface area contributed by atoms with Crippen LogP contribution < -0.4 is 9.47 Å². The summed E-state index contributed by atoms with van der Waals surface area (Å²) < 4.78 is 38.0. The largest absolute Gasteiger partial charge is 0.491 e. The first-order valence-electron chi connectivity index (χ1n) is 9.04. The summed E-state index contributed by atoms with van der Waals surface area (Å²) in [6.45, 7) is -0.0104. The van der Waals surface area contributed by atoms with Gasteiger partial charge < -0.3 is 9.47 Å². The van der Waals surface area contributed by atoms with E-state index in [1.807, 2.05) is 6.07 Å². The van der Waals surface area contributed by atoms with E-state index < -0.39 is 13.0 Å². The Kier molecular flexibility index (Phi) is 6.36. The average Bonchev–Trinajstić information content (AvgIpc) is 3.13. The predicted molar refractivity (Wildman–Crippen MR) is 94.6 cm³/mol. The van der Waals surface area contributed by atoms with Crippen LogP contribution in [0.5, 0.6) is 11.6 Å². The summed E-state index contributed by atoms with van der Waals surface area (Å²) in [7, 11) is 1.48. The van der Waals surface area contributed by atoms with Gasteiger partial charge >= 0.3 is 0 Å². The van der Waals surface area contributed by atoms with Crippen molar-refractivity contribution in [2.75, 3.05) is 13.7 Å². The molecule has 27 heavy (non-hydrogen) atoms. The summed E-state index contributed by atoms with van der Waals surface area (Å²) in [5, 5.41) is 4.06. The van der Waals surface area contributed by atoms with Crippen molar-refractivity contribution < 1.29 is 23.0 Å². The highest BCUT2D eigenvalue weighted by molar-refractivity contribution is 5.79. The van der Waals surface area contributed by atoms with Gasteiger partial charge in [0.05, 0.1) is 25.5 Å². The Bertz CT molecular complexity index is 766. The monoisotopic (exact) mass is 379 g/mol. The molecule has 2 atom stereocenters. The molecular weight excluding hydrogens is 356 g/mol. The SMILES string of the molecule is COc1cc(C=O)c(OCC2CCCCC2c2ccnn2CC(F)F)cn1. The van der Waals surface area contributed by atoms with E-state index in [0.29, 0.717) is 30.1 Å². The lowest BCUT2D eigenvalue weighted by Crippen LogP contribution is -2.27. The van der Waals surface area contributed by atoms with Gasteiger partial charge in [-0.2, -0.15) is 5.10 Å². The molecule has 0 spiro atoms. The second kappa shape index (κ2) is 8.92. The Morgan fingerprint density at radius 3 is 2.93 bits per heavy atom. The average molecular weight is 379 g/mol. The number of aldehydes is 1. The van der Waals surface area contributed by atoms with Crippen LogP contribution in [0.3, 0.4) is 0 Å². The van der Waals surface area contributed by atoms with E-state index in [-0.39, 0.29) is 11.8 Å². The van der Waals surface area contributed by atoms with Crippen LogP contribution >= 0.6 is 0 Å². The van der Waals surface area contributed by atoms with Gasteiger partial charge in [-0.1, -0.05) is 12.8 Å². The fourth-order valence-corrected chi connectivity index (χ4v) is 3.70. The third-order valence-electron chi connectivity index (χ3n) is 5.01. The Hall–Kier alpha value is -2.51. The highest BCUT2D eigenvalue weighted by atomic mass is 19.3. The number of alkyl halides is 2. The number of hydrogen-bond donors (Lipinski definition) is 0. The first kappa shape index (κ1) is 19.3. The fraction of sp³-hybridized carbons (Fsp3) is 0.526. The van der Waals surface area contributed by atoms with E-state index in [2.05, 4.69) is 10.1 Å². The zero-order valence-corrected chi connectivity index (χ0v) is 15.2. The highest BCUT2D eigenvalue weighted by Crippen LogP contribution is 2.38. The van der Waals surface area contributed by atoms with Crippen molar-refractivity contribution in [3.63, 3.8) is 0 Å². The second-order valence-corrected chi connectivity index (χ2v) is 6.67. The van der Waals surface area contributed by atoms with Crippen LogP contribution in [0.2, 0.25) is 0 Å². The highest BCUT2D eigenvalue weighted by Gasteiger charge is 2.30. The van der Waals surface area contributed by atoms with E-state index in [1.54, 1.807) is 6.20 Å². The van der Waals surface area contributed by atoms with Crippen molar-refractivity contribution in [2.24, 2.45) is 5.92 Å². The van der Waals surface area contributed by atoms with Crippen LogP contribution in [0.25, 0.3) is 0 Å². The van der Waals surface area contributed by atoms with Gasteiger partial charge in [-0.25, -0.2) is 13.8 Å². The summed E-state index contributed by atoms with van der Waals surface area (Å²) in [4.78, 5) is 15.4. The molecule has 0 aromatic carbocycles. The summed E-state index contributed by atoms with van der Waals surface area (Å²) in [6.07, 6.45) is 5.26. The Balaban J connectivity index is 1.73. The molecule has 0 radical (unpaired) electrons. The number of nitrogens with zero attached hydrogens (tertiary/aromatic N) is 3. The van der Waals surface area contributed by atoms with Gasteiger partial charge in [-0.05, 0) is 18.9 Å². The molecular formula is C19H23F2N3O3. The first-order valence-corrected chi connectivity index (χ1v) is 9.04. The van der Waals surface area contributed by atoms with Crippen molar-refractivity contribution in [3.8, 4) is 11.6 Å². The molecule has 1 fully saturated rings. The summed E-state index contributed by atoms with van der Waals surface area (Å²) in [5.41, 5.74) is 1.20. The molecule has 3 rings (SSSR count). The third kappa shape index (κ3) is 4.61. The van der Waals surface area contributed by atoms with E-state index in [9.17, 15) is 13.6 Å². The van der Waals surface area contributed by atoms with E-state index in [0.717, 1.165) is 31.4 Å². The molecule has 0 N–H and O–H groups in total. The summed E-state index contributed by atoms with van der Waals surface area (Å²) in [6, 6.07) is 3.34. The van der Waals surface area contributed by atoms with E-state index in [1.165, 1.54) is 24.1 Å². The maximum absolute atomic E-state index is 12.8. The van der Waals surface area contributed by atoms with Gasteiger partial charge in [0.25, 0.3) is 6.43 Å². The maximum atomic E-state index is 12.8. The number of halogens is 2. The quantitative estimate of drug-likeness (QED) is 0.654. The van der Waals surface area contributed by atoms with Gasteiger partial charge in [-0.3, -0.25) is 9.48 Å². The molecule has 2 heterocycles. The Morgan fingerprint density at radius 1 is 1.37 bits per heavy atom. The molecule has 2 unspecified atom stereocenters. The van der Waals surface area contributed by atoms with Crippen molar-refractivity contribution in [1.29, 1.82) is 0 Å². The van der Waals surface area contributed by atoms with Gasteiger partial charge in [0.1, 0.15) is 12.3 Å². The summed E-state index contributed by atoms with van der Waals surface area (Å²) in [5.74, 6) is 1.01. The zero-order chi connectivity index (χ0) is 19.2. The second-order valence-electron chi connectivity index (χ2n) is 6.67. The molecule has 146 valence electrons. The van der Waals surface area contributed by atoms with Crippen LogP contribution in [-0.4, -0.2) is 41.2 Å². The van der Waals surface area contributed by atoms with Crippen LogP contribution in [0.4, 0.5) is 8.78 Å². The molecule has 0 aliphatic heterocycles. The maximum Gasteiger partial charge on any atom is 0.257 e. The zero-order valence-electron chi connectivity index (χ0n) is 15.2. The summed E-state index contributed by atoms with van der Waals surface area (Å²) >= 11 is 0. The first-order chi connectivity index (χ1) is 13.1. The number of aromatic nitrogens is 3. The van der Waals surface area contributed by atoms with Gasteiger partial charge in [0.2, 0.25) is 5.88 Å². The number of carbonyl (C=O) groups is 1. The molecule has 0 amide bonds.